The molecule has 10 nitrogen and oxygen atoms in total. The van der Waals surface area contributed by atoms with Gasteiger partial charge in [-0.15, -0.1) is 0 Å². The molecule has 0 saturated carbocycles. The molecule has 0 aromatic carbocycles. The number of unbranched alkanes of at least 4 members (excludes halogenated alkanes) is 11. The molecule has 5 N–H and O–H groups in total. The van der Waals surface area contributed by atoms with Gasteiger partial charge in [-0.2, -0.15) is 0 Å². The highest BCUT2D eigenvalue weighted by atomic mass is 16.5. The third-order valence-corrected chi connectivity index (χ3v) is 5.88. The maximum Gasteiger partial charge on any atom is 0.305 e. The number of nitrogens with one attached hydrogen (secondary N) is 1. The predicted molar refractivity (Wildman–Crippen MR) is 143 cm³/mol. The number of aliphatic imine (C=N–C) groups is 1. The highest BCUT2D eigenvalue weighted by Crippen LogP contribution is 2.13. The van der Waals surface area contributed by atoms with E-state index in [1.807, 2.05) is 0 Å². The number of methoxy groups -OCH3 is 1. The topological polar surface area (TPSA) is 160 Å². The van der Waals surface area contributed by atoms with Gasteiger partial charge in [0.15, 0.2) is 5.96 Å². The van der Waals surface area contributed by atoms with Crippen LogP contribution in [0.3, 0.4) is 0 Å². The second-order valence-electron chi connectivity index (χ2n) is 9.14. The molecular weight excluding hydrogens is 462 g/mol. The number of nitrogens with two attached hydrogens (primary N) is 2. The van der Waals surface area contributed by atoms with Crippen molar-refractivity contribution < 1.29 is 23.9 Å². The SMILES string of the molecule is CCCCCCCCCCCCCCOC(=O)CCC([N-]N[C@@H](C=O)CCCN=C(N)N)C(=O)OC. The van der Waals surface area contributed by atoms with Gasteiger partial charge in [-0.3, -0.25) is 14.6 Å². The Balaban J connectivity index is 3.94. The lowest BCUT2D eigenvalue weighted by atomic mass is 10.1. The van der Waals surface area contributed by atoms with Gasteiger partial charge in [-0.05, 0) is 31.7 Å². The van der Waals surface area contributed by atoms with Gasteiger partial charge in [-0.1, -0.05) is 77.6 Å². The van der Waals surface area contributed by atoms with E-state index < -0.39 is 18.1 Å². The van der Waals surface area contributed by atoms with Crippen molar-refractivity contribution in [1.29, 1.82) is 0 Å². The monoisotopic (exact) mass is 512 g/mol. The number of guanidine groups is 1. The van der Waals surface area contributed by atoms with E-state index in [1.165, 1.54) is 64.9 Å². The second-order valence-corrected chi connectivity index (χ2v) is 9.14. The van der Waals surface area contributed by atoms with Gasteiger partial charge in [0.25, 0.3) is 5.97 Å². The first kappa shape index (κ1) is 33.8. The minimum atomic E-state index is -0.908. The van der Waals surface area contributed by atoms with E-state index in [4.69, 9.17) is 20.9 Å². The fourth-order valence-corrected chi connectivity index (χ4v) is 3.70. The van der Waals surface area contributed by atoms with Crippen LogP contribution in [-0.2, 0) is 23.9 Å². The number of hydrogen-bond donors (Lipinski definition) is 3. The van der Waals surface area contributed by atoms with Gasteiger partial charge in [0.2, 0.25) is 0 Å². The van der Waals surface area contributed by atoms with Crippen molar-refractivity contribution in [1.82, 2.24) is 5.43 Å². The van der Waals surface area contributed by atoms with E-state index in [0.29, 0.717) is 32.3 Å². The molecule has 0 spiro atoms. The minimum absolute atomic E-state index is 0.00764. The molecule has 36 heavy (non-hydrogen) atoms. The fourth-order valence-electron chi connectivity index (χ4n) is 3.70. The van der Waals surface area contributed by atoms with Crippen molar-refractivity contribution in [3.63, 3.8) is 0 Å². The molecule has 0 aliphatic rings. The molecule has 0 aliphatic carbocycles. The molecule has 2 atom stereocenters. The summed E-state index contributed by atoms with van der Waals surface area (Å²) < 4.78 is 10.0. The van der Waals surface area contributed by atoms with Crippen molar-refractivity contribution in [3.05, 3.63) is 5.43 Å². The Kier molecular flexibility index (Phi) is 23.0. The number of aldehydes is 1. The smallest absolute Gasteiger partial charge is 0.305 e. The molecule has 0 fully saturated rings. The quantitative estimate of drug-likeness (QED) is 0.0412. The second kappa shape index (κ2) is 24.5. The van der Waals surface area contributed by atoms with Gasteiger partial charge in [-0.25, -0.2) is 0 Å². The van der Waals surface area contributed by atoms with E-state index in [-0.39, 0.29) is 24.8 Å². The van der Waals surface area contributed by atoms with Crippen LogP contribution in [0.25, 0.3) is 5.43 Å². The standard InChI is InChI=1S/C26H50N5O5/c1-3-4-5-6-7-8-9-10-11-12-13-14-20-36-24(33)18-17-23(25(34)35-2)31-30-22(21-32)16-15-19-29-26(27)28/h21-23,30H,3-20H2,1-2H3,(H4,27,28,29)/q-1/t22-,23?/m1/s1. The zero-order chi connectivity index (χ0) is 26.9. The van der Waals surface area contributed by atoms with E-state index in [2.05, 4.69) is 22.8 Å². The van der Waals surface area contributed by atoms with Gasteiger partial charge >= 0.3 is 5.97 Å². The van der Waals surface area contributed by atoms with Crippen LogP contribution in [-0.4, -0.2) is 56.5 Å². The number of carbonyl (C=O) groups excluding carboxylic acids is 3. The Labute approximate surface area is 217 Å². The van der Waals surface area contributed by atoms with Gasteiger partial charge < -0.3 is 36.6 Å². The third-order valence-electron chi connectivity index (χ3n) is 5.88. The van der Waals surface area contributed by atoms with Gasteiger partial charge in [0.05, 0.1) is 13.7 Å². The number of ether oxygens (including phenoxy) is 2. The summed E-state index contributed by atoms with van der Waals surface area (Å²) in [4.78, 5) is 39.2. The summed E-state index contributed by atoms with van der Waals surface area (Å²) in [5, 5.41) is 0. The number of rotatable bonds is 25. The highest BCUT2D eigenvalue weighted by Gasteiger charge is 2.14. The largest absolute Gasteiger partial charge is 0.585 e. The first-order chi connectivity index (χ1) is 17.4. The Morgan fingerprint density at radius 2 is 1.50 bits per heavy atom. The molecule has 210 valence electrons. The molecule has 0 bridgehead atoms. The van der Waals surface area contributed by atoms with Gasteiger partial charge in [0.1, 0.15) is 6.29 Å². The van der Waals surface area contributed by atoms with Crippen LogP contribution in [0.1, 0.15) is 110 Å². The normalized spacial score (nSPS) is 12.5. The van der Waals surface area contributed by atoms with Crippen LogP contribution in [0, 0.1) is 0 Å². The summed E-state index contributed by atoms with van der Waals surface area (Å²) in [5.41, 5.74) is 17.3. The van der Waals surface area contributed by atoms with Crippen LogP contribution < -0.4 is 16.9 Å². The Bertz CT molecular complexity index is 599. The van der Waals surface area contributed by atoms with Crippen molar-refractivity contribution in [2.45, 2.75) is 122 Å². The molecule has 10 heteroatoms. The van der Waals surface area contributed by atoms with E-state index in [1.54, 1.807) is 0 Å². The molecule has 0 aromatic heterocycles. The Morgan fingerprint density at radius 3 is 2.03 bits per heavy atom. The summed E-state index contributed by atoms with van der Waals surface area (Å²) in [5.74, 6) is -0.959. The lowest BCUT2D eigenvalue weighted by molar-refractivity contribution is -0.145. The Hall–Kier alpha value is -2.20. The molecule has 1 unspecified atom stereocenters. The summed E-state index contributed by atoms with van der Waals surface area (Å²) in [6, 6.07) is -1.50. The van der Waals surface area contributed by atoms with Crippen LogP contribution in [0.5, 0.6) is 0 Å². The van der Waals surface area contributed by atoms with Crippen LogP contribution in [0.2, 0.25) is 0 Å². The molecule has 0 heterocycles. The summed E-state index contributed by atoms with van der Waals surface area (Å²) in [6.07, 6.45) is 16.8. The Morgan fingerprint density at radius 1 is 0.917 bits per heavy atom. The number of nitrogens with zero attached hydrogens (tertiary/aromatic N) is 2. The fraction of sp³-hybridized carbons (Fsp3) is 0.846. The van der Waals surface area contributed by atoms with Crippen molar-refractivity contribution >= 4 is 24.2 Å². The molecule has 0 aliphatic heterocycles. The highest BCUT2D eigenvalue weighted by molar-refractivity contribution is 5.79. The molecule has 0 rings (SSSR count). The first-order valence-corrected chi connectivity index (χ1v) is 13.6. The number of hydrogen-bond acceptors (Lipinski definition) is 7. The zero-order valence-corrected chi connectivity index (χ0v) is 22.6. The molecule has 0 aromatic rings. The average molecular weight is 513 g/mol. The van der Waals surface area contributed by atoms with Crippen LogP contribution in [0.4, 0.5) is 0 Å². The zero-order valence-electron chi connectivity index (χ0n) is 22.6. The lowest BCUT2D eigenvalue weighted by Crippen LogP contribution is -2.34. The maximum atomic E-state index is 12.1. The molecule has 0 amide bonds. The van der Waals surface area contributed by atoms with Crippen LogP contribution in [0.15, 0.2) is 4.99 Å². The summed E-state index contributed by atoms with van der Waals surface area (Å²) >= 11 is 0. The number of carbonyl (C=O) groups is 3. The average Bonchev–Trinajstić information content (AvgIpc) is 2.87. The maximum absolute atomic E-state index is 12.1. The molecule has 0 radical (unpaired) electrons. The van der Waals surface area contributed by atoms with Crippen molar-refractivity contribution in [3.8, 4) is 0 Å². The van der Waals surface area contributed by atoms with Crippen molar-refractivity contribution in [2.75, 3.05) is 20.3 Å². The predicted octanol–water partition coefficient (Wildman–Crippen LogP) is 4.05. The summed E-state index contributed by atoms with van der Waals surface area (Å²) in [6.45, 7) is 3.02. The van der Waals surface area contributed by atoms with Gasteiger partial charge in [0, 0.05) is 19.0 Å². The minimum Gasteiger partial charge on any atom is -0.585 e. The molecule has 0 saturated heterocycles. The number of esters is 2. The first-order valence-electron chi connectivity index (χ1n) is 13.6. The molecular formula is C26H50N5O5-. The summed E-state index contributed by atoms with van der Waals surface area (Å²) in [7, 11) is 1.25. The van der Waals surface area contributed by atoms with E-state index >= 15 is 0 Å². The van der Waals surface area contributed by atoms with Crippen LogP contribution >= 0.6 is 0 Å². The van der Waals surface area contributed by atoms with E-state index in [9.17, 15) is 14.4 Å². The lowest BCUT2D eigenvalue weighted by Gasteiger charge is -2.33. The van der Waals surface area contributed by atoms with Crippen molar-refractivity contribution in [2.24, 2.45) is 16.5 Å². The third kappa shape index (κ3) is 21.1. The van der Waals surface area contributed by atoms with E-state index in [0.717, 1.165) is 19.3 Å².